The second-order valence-corrected chi connectivity index (χ2v) is 5.23. The number of phenolic OH excluding ortho intramolecular Hbond substituents is 2. The van der Waals surface area contributed by atoms with Crippen molar-refractivity contribution < 1.29 is 19.8 Å². The van der Waals surface area contributed by atoms with Crippen LogP contribution in [0.4, 0.5) is 0 Å². The molecule has 0 aliphatic rings. The lowest BCUT2D eigenvalue weighted by molar-refractivity contribution is 0.100. The number of benzene rings is 2. The van der Waals surface area contributed by atoms with E-state index in [1.165, 1.54) is 25.1 Å². The monoisotopic (exact) mass is 300 g/mol. The molecule has 0 radical (unpaired) electrons. The van der Waals surface area contributed by atoms with E-state index >= 15 is 0 Å². The Labute approximate surface area is 130 Å². The Morgan fingerprint density at radius 2 is 1.05 bits per heavy atom. The molecule has 0 aliphatic heterocycles. The molecule has 0 heterocycles. The summed E-state index contributed by atoms with van der Waals surface area (Å²) in [4.78, 5) is 21.7. The summed E-state index contributed by atoms with van der Waals surface area (Å²) in [6, 6.07) is 9.67. The summed E-state index contributed by atoms with van der Waals surface area (Å²) < 4.78 is 0. The van der Waals surface area contributed by atoms with Gasteiger partial charge in [0.2, 0.25) is 0 Å². The lowest BCUT2D eigenvalue weighted by Gasteiger charge is -1.99. The molecule has 0 amide bonds. The van der Waals surface area contributed by atoms with E-state index in [4.69, 9.17) is 10.2 Å². The van der Waals surface area contributed by atoms with Gasteiger partial charge in [0.1, 0.15) is 11.5 Å². The summed E-state index contributed by atoms with van der Waals surface area (Å²) in [5, 5.41) is 17.9. The van der Waals surface area contributed by atoms with Crippen LogP contribution in [0.2, 0.25) is 0 Å². The molecule has 116 valence electrons. The normalized spacial score (nSPS) is 9.64. The van der Waals surface area contributed by atoms with E-state index in [0.29, 0.717) is 5.56 Å². The van der Waals surface area contributed by atoms with Crippen molar-refractivity contribution in [3.8, 4) is 11.5 Å². The molecule has 2 aromatic carbocycles. The molecular formula is C18H20O4. The fourth-order valence-corrected chi connectivity index (χ4v) is 1.98. The molecule has 2 rings (SSSR count). The number of Topliss-reactive ketones (excluding diaryl/α,β-unsaturated/α-hetero) is 2. The largest absolute Gasteiger partial charge is 0.508 e. The summed E-state index contributed by atoms with van der Waals surface area (Å²) in [6.45, 7) is 6.96. The van der Waals surface area contributed by atoms with Gasteiger partial charge in [-0.05, 0) is 52.0 Å². The van der Waals surface area contributed by atoms with E-state index in [1.807, 2.05) is 26.0 Å². The average molecular weight is 300 g/mol. The van der Waals surface area contributed by atoms with Crippen LogP contribution in [0, 0.1) is 13.8 Å². The van der Waals surface area contributed by atoms with Gasteiger partial charge in [0.15, 0.2) is 11.6 Å². The van der Waals surface area contributed by atoms with Gasteiger partial charge < -0.3 is 10.2 Å². The van der Waals surface area contributed by atoms with E-state index in [1.54, 1.807) is 6.92 Å². The number of hydrogen-bond acceptors (Lipinski definition) is 4. The number of hydrogen-bond donors (Lipinski definition) is 2. The van der Waals surface area contributed by atoms with Gasteiger partial charge in [0.25, 0.3) is 0 Å². The zero-order valence-electron chi connectivity index (χ0n) is 13.2. The zero-order valence-corrected chi connectivity index (χ0v) is 13.2. The number of carbonyl (C=O) groups excluding carboxylic acids is 2. The van der Waals surface area contributed by atoms with Crippen LogP contribution < -0.4 is 0 Å². The molecule has 0 aromatic heterocycles. The highest BCUT2D eigenvalue weighted by Crippen LogP contribution is 2.20. The highest BCUT2D eigenvalue weighted by atomic mass is 16.3. The average Bonchev–Trinajstić information content (AvgIpc) is 2.37. The van der Waals surface area contributed by atoms with Crippen molar-refractivity contribution in [3.63, 3.8) is 0 Å². The molecule has 2 N–H and O–H groups in total. The van der Waals surface area contributed by atoms with Crippen molar-refractivity contribution >= 4 is 11.6 Å². The van der Waals surface area contributed by atoms with Gasteiger partial charge in [-0.3, -0.25) is 9.59 Å². The summed E-state index contributed by atoms with van der Waals surface area (Å²) in [5.74, 6) is -0.251. The molecule has 22 heavy (non-hydrogen) atoms. The highest BCUT2D eigenvalue weighted by Gasteiger charge is 2.02. The van der Waals surface area contributed by atoms with E-state index in [2.05, 4.69) is 6.07 Å². The highest BCUT2D eigenvalue weighted by molar-refractivity contribution is 5.95. The third-order valence-electron chi connectivity index (χ3n) is 2.94. The fourth-order valence-electron chi connectivity index (χ4n) is 1.98. The molecule has 0 fully saturated rings. The maximum absolute atomic E-state index is 10.9. The van der Waals surface area contributed by atoms with Crippen LogP contribution in [-0.4, -0.2) is 21.8 Å². The molecule has 0 unspecified atom stereocenters. The molecule has 0 bridgehead atoms. The van der Waals surface area contributed by atoms with Crippen LogP contribution in [-0.2, 0) is 0 Å². The first-order valence-electron chi connectivity index (χ1n) is 6.82. The van der Waals surface area contributed by atoms with Crippen molar-refractivity contribution in [2.75, 3.05) is 0 Å². The number of carbonyl (C=O) groups is 2. The molecule has 4 nitrogen and oxygen atoms in total. The van der Waals surface area contributed by atoms with Crippen molar-refractivity contribution in [2.45, 2.75) is 27.7 Å². The maximum atomic E-state index is 10.9. The van der Waals surface area contributed by atoms with E-state index < -0.39 is 0 Å². The minimum atomic E-state index is -0.184. The molecular weight excluding hydrogens is 280 g/mol. The van der Waals surface area contributed by atoms with Gasteiger partial charge in [-0.15, -0.1) is 0 Å². The summed E-state index contributed by atoms with van der Waals surface area (Å²) in [6.07, 6.45) is 0. The summed E-state index contributed by atoms with van der Waals surface area (Å²) >= 11 is 0. The van der Waals surface area contributed by atoms with Crippen LogP contribution in [0.25, 0.3) is 0 Å². The lowest BCUT2D eigenvalue weighted by Crippen LogP contribution is -1.93. The number of aryl methyl sites for hydroxylation is 2. The Morgan fingerprint density at radius 3 is 1.41 bits per heavy atom. The van der Waals surface area contributed by atoms with Crippen LogP contribution in [0.15, 0.2) is 36.4 Å². The first-order valence-corrected chi connectivity index (χ1v) is 6.82. The van der Waals surface area contributed by atoms with Gasteiger partial charge in [0.05, 0.1) is 0 Å². The Morgan fingerprint density at radius 1 is 0.682 bits per heavy atom. The molecule has 2 aromatic rings. The van der Waals surface area contributed by atoms with Gasteiger partial charge in [-0.2, -0.15) is 0 Å². The summed E-state index contributed by atoms with van der Waals surface area (Å²) in [7, 11) is 0. The zero-order chi connectivity index (χ0) is 16.9. The van der Waals surface area contributed by atoms with Crippen molar-refractivity contribution in [2.24, 2.45) is 0 Å². The molecule has 0 saturated heterocycles. The predicted octanol–water partition coefficient (Wildman–Crippen LogP) is 3.81. The number of rotatable bonds is 2. The smallest absolute Gasteiger partial charge is 0.160 e. The number of phenols is 2. The lowest BCUT2D eigenvalue weighted by atomic mass is 10.1. The van der Waals surface area contributed by atoms with Crippen LogP contribution in [0.1, 0.15) is 45.7 Å². The SMILES string of the molecule is CC(=O)c1cc(C)cc(C)c1.CC(=O)c1cc(O)cc(O)c1. The molecule has 0 saturated carbocycles. The van der Waals surface area contributed by atoms with Gasteiger partial charge >= 0.3 is 0 Å². The molecule has 0 spiro atoms. The van der Waals surface area contributed by atoms with Gasteiger partial charge in [-0.25, -0.2) is 0 Å². The Bertz CT molecular complexity index is 600. The second-order valence-electron chi connectivity index (χ2n) is 5.23. The van der Waals surface area contributed by atoms with Crippen molar-refractivity contribution in [3.05, 3.63) is 58.7 Å². The predicted molar refractivity (Wildman–Crippen MR) is 85.7 cm³/mol. The topological polar surface area (TPSA) is 74.6 Å². The van der Waals surface area contributed by atoms with Gasteiger partial charge in [0, 0.05) is 17.2 Å². The van der Waals surface area contributed by atoms with Crippen molar-refractivity contribution in [1.29, 1.82) is 0 Å². The first kappa shape index (κ1) is 17.4. The molecule has 4 heteroatoms. The second kappa shape index (κ2) is 7.41. The van der Waals surface area contributed by atoms with E-state index in [-0.39, 0.29) is 23.1 Å². The molecule has 0 aliphatic carbocycles. The standard InChI is InChI=1S/C10H12O.C8H8O3/c1-7-4-8(2)6-10(5-7)9(3)11;1-5(9)6-2-7(10)4-8(11)3-6/h4-6H,1-3H3;2-4,10-11H,1H3. The van der Waals surface area contributed by atoms with Gasteiger partial charge in [-0.1, -0.05) is 17.2 Å². The maximum Gasteiger partial charge on any atom is 0.160 e. The third kappa shape index (κ3) is 5.40. The van der Waals surface area contributed by atoms with Crippen LogP contribution >= 0.6 is 0 Å². The first-order chi connectivity index (χ1) is 10.2. The van der Waals surface area contributed by atoms with Crippen LogP contribution in [0.3, 0.4) is 0 Å². The summed E-state index contributed by atoms with van der Waals surface area (Å²) in [5.41, 5.74) is 3.41. The van der Waals surface area contributed by atoms with E-state index in [9.17, 15) is 9.59 Å². The van der Waals surface area contributed by atoms with E-state index in [0.717, 1.165) is 16.7 Å². The Balaban J connectivity index is 0.000000220. The third-order valence-corrected chi connectivity index (χ3v) is 2.94. The minimum Gasteiger partial charge on any atom is -0.508 e. The fraction of sp³-hybridized carbons (Fsp3) is 0.222. The van der Waals surface area contributed by atoms with Crippen LogP contribution in [0.5, 0.6) is 11.5 Å². The quantitative estimate of drug-likeness (QED) is 0.827. The molecule has 0 atom stereocenters. The Kier molecular flexibility index (Phi) is 5.87. The van der Waals surface area contributed by atoms with Crippen molar-refractivity contribution in [1.82, 2.24) is 0 Å². The Hall–Kier alpha value is -2.62. The number of aromatic hydroxyl groups is 2. The number of ketones is 2. The minimum absolute atomic E-state index is 0.102.